The summed E-state index contributed by atoms with van der Waals surface area (Å²) in [5.41, 5.74) is 0. The van der Waals surface area contributed by atoms with Gasteiger partial charge < -0.3 is 0 Å². The Balaban J connectivity index is 2.30. The Morgan fingerprint density at radius 3 is 2.25 bits per heavy atom. The van der Waals surface area contributed by atoms with E-state index in [0.717, 1.165) is 4.47 Å². The summed E-state index contributed by atoms with van der Waals surface area (Å²) in [6.07, 6.45) is 1.90. The van der Waals surface area contributed by atoms with Gasteiger partial charge in [-0.05, 0) is 0 Å². The van der Waals surface area contributed by atoms with Crippen molar-refractivity contribution in [2.24, 2.45) is 0 Å². The molecule has 0 fully saturated rings. The zero-order chi connectivity index (χ0) is 3.41. The summed E-state index contributed by atoms with van der Waals surface area (Å²) < 4.78 is 1.13. The third kappa shape index (κ3) is 2.53. The molecule has 4 heavy (non-hydrogen) atoms. The first-order valence-electron chi connectivity index (χ1n) is 1.13. The van der Waals surface area contributed by atoms with Crippen molar-refractivity contribution in [3.05, 3.63) is 12.7 Å². The van der Waals surface area contributed by atoms with Gasteiger partial charge in [-0.25, -0.2) is 0 Å². The maximum absolute atomic E-state index is 3.49. The Morgan fingerprint density at radius 1 is 2.00 bits per heavy atom. The van der Waals surface area contributed by atoms with Gasteiger partial charge in [0.25, 0.3) is 0 Å². The number of hydrogen-bond donors (Lipinski definition) is 0. The van der Waals surface area contributed by atoms with Gasteiger partial charge in [0, 0.05) is 0 Å². The molecule has 0 aromatic heterocycles. The van der Waals surface area contributed by atoms with Gasteiger partial charge in [0.1, 0.15) is 0 Å². The van der Waals surface area contributed by atoms with Crippen LogP contribution >= 0.6 is 0 Å². The van der Waals surface area contributed by atoms with Crippen molar-refractivity contribution in [3.8, 4) is 0 Å². The van der Waals surface area contributed by atoms with E-state index in [1.165, 1.54) is 0 Å². The normalized spacial score (nSPS) is 6.25. The van der Waals surface area contributed by atoms with Crippen LogP contribution in [-0.2, 0) is 0 Å². The van der Waals surface area contributed by atoms with Crippen molar-refractivity contribution in [3.63, 3.8) is 0 Å². The molecule has 0 aromatic carbocycles. The van der Waals surface area contributed by atoms with Crippen LogP contribution in [0.3, 0.4) is 0 Å². The minimum absolute atomic E-state index is 1.13. The number of allylic oxidation sites excluding steroid dienone is 1. The molecule has 0 spiro atoms. The Morgan fingerprint density at radius 2 is 2.25 bits per heavy atom. The minimum atomic E-state index is 1.13. The molecule has 0 saturated heterocycles. The summed E-state index contributed by atoms with van der Waals surface area (Å²) in [4.78, 5) is 0. The number of rotatable bonds is 1. The monoisotopic (exact) mass is 172 g/mol. The van der Waals surface area contributed by atoms with Gasteiger partial charge >= 0.3 is 39.4 Å². The van der Waals surface area contributed by atoms with E-state index in [1.807, 2.05) is 6.08 Å². The summed E-state index contributed by atoms with van der Waals surface area (Å²) in [6.45, 7) is 3.49. The van der Waals surface area contributed by atoms with E-state index in [1.54, 1.807) is 22.3 Å². The predicted molar refractivity (Wildman–Crippen MR) is 22.2 cm³/mol. The van der Waals surface area contributed by atoms with Gasteiger partial charge in [-0.1, -0.05) is 0 Å². The van der Waals surface area contributed by atoms with Crippen molar-refractivity contribution >= 4 is 22.3 Å². The molecule has 0 radical (unpaired) electrons. The van der Waals surface area contributed by atoms with Crippen LogP contribution in [0.15, 0.2) is 12.7 Å². The Kier molecular flexibility index (Phi) is 4.00. The van der Waals surface area contributed by atoms with Crippen molar-refractivity contribution in [2.75, 3.05) is 0 Å². The second-order valence-electron chi connectivity index (χ2n) is 0.471. The van der Waals surface area contributed by atoms with Gasteiger partial charge in [0.2, 0.25) is 0 Å². The van der Waals surface area contributed by atoms with E-state index < -0.39 is 0 Å². The zero-order valence-electron chi connectivity index (χ0n) is 2.44. The van der Waals surface area contributed by atoms with Crippen LogP contribution < -0.4 is 0 Å². The van der Waals surface area contributed by atoms with Gasteiger partial charge in [-0.2, -0.15) is 0 Å². The van der Waals surface area contributed by atoms with Gasteiger partial charge in [-0.3, -0.25) is 0 Å². The molecular formula is C3H6Te. The van der Waals surface area contributed by atoms with Gasteiger partial charge in [-0.15, -0.1) is 0 Å². The summed E-state index contributed by atoms with van der Waals surface area (Å²) in [5, 5.41) is 0. The molecule has 0 nitrogen and oxygen atoms in total. The molecule has 0 heterocycles. The van der Waals surface area contributed by atoms with E-state index in [2.05, 4.69) is 6.58 Å². The predicted octanol–water partition coefficient (Wildman–Crippen LogP) is 0.491. The molecule has 0 bridgehead atoms. The van der Waals surface area contributed by atoms with Crippen molar-refractivity contribution in [1.29, 1.82) is 0 Å². The first-order valence-corrected chi connectivity index (χ1v) is 2.94. The topological polar surface area (TPSA) is 0 Å². The van der Waals surface area contributed by atoms with Crippen molar-refractivity contribution in [2.45, 2.75) is 4.47 Å². The van der Waals surface area contributed by atoms with Crippen LogP contribution in [0.1, 0.15) is 0 Å². The van der Waals surface area contributed by atoms with Crippen molar-refractivity contribution in [1.82, 2.24) is 0 Å². The molecule has 0 saturated carbocycles. The van der Waals surface area contributed by atoms with Gasteiger partial charge in [0.05, 0.1) is 0 Å². The van der Waals surface area contributed by atoms with Crippen LogP contribution in [0.4, 0.5) is 0 Å². The standard InChI is InChI=1S/C3H6Te/c1-2-3-4/h2,4H,1,3H2. The zero-order valence-corrected chi connectivity index (χ0v) is 4.99. The average molecular weight is 170 g/mol. The van der Waals surface area contributed by atoms with Crippen LogP contribution in [0.2, 0.25) is 4.47 Å². The maximum atomic E-state index is 3.49. The van der Waals surface area contributed by atoms with E-state index in [4.69, 9.17) is 0 Å². The summed E-state index contributed by atoms with van der Waals surface area (Å²) in [5.74, 6) is 0. The average Bonchev–Trinajstić information content (AvgIpc) is 1.37. The molecule has 0 aliphatic carbocycles. The summed E-state index contributed by atoms with van der Waals surface area (Å²) in [6, 6.07) is 0. The molecule has 0 aliphatic rings. The fourth-order valence-electron chi connectivity index (χ4n) is 0. The Labute approximate surface area is 39.8 Å². The third-order valence-corrected chi connectivity index (χ3v) is 0.866. The molecule has 0 amide bonds. The second kappa shape index (κ2) is 3.53. The molecule has 24 valence electrons. The summed E-state index contributed by atoms with van der Waals surface area (Å²) in [7, 11) is 0. The first kappa shape index (κ1) is 4.53. The molecule has 0 rings (SSSR count). The molecule has 0 atom stereocenters. The van der Waals surface area contributed by atoms with E-state index >= 15 is 0 Å². The second-order valence-corrected chi connectivity index (χ2v) is 1.51. The van der Waals surface area contributed by atoms with Crippen LogP contribution in [0.5, 0.6) is 0 Å². The molecule has 0 aromatic rings. The quantitative estimate of drug-likeness (QED) is 0.396. The SMILES string of the molecule is C=CC[TeH]. The third-order valence-electron chi connectivity index (χ3n) is 0.129. The number of hydrogen-bond acceptors (Lipinski definition) is 0. The van der Waals surface area contributed by atoms with Gasteiger partial charge in [0.15, 0.2) is 0 Å². The molecule has 0 unspecified atom stereocenters. The molecule has 0 N–H and O–H groups in total. The van der Waals surface area contributed by atoms with E-state index in [9.17, 15) is 0 Å². The van der Waals surface area contributed by atoms with E-state index in [-0.39, 0.29) is 0 Å². The first-order chi connectivity index (χ1) is 1.91. The Bertz CT molecular complexity index is 17.2. The van der Waals surface area contributed by atoms with Crippen LogP contribution in [0, 0.1) is 0 Å². The fourth-order valence-corrected chi connectivity index (χ4v) is 0. The summed E-state index contributed by atoms with van der Waals surface area (Å²) >= 11 is 1.78. The molecule has 1 heteroatoms. The Hall–Kier alpha value is 0.530. The molecular weight excluding hydrogens is 164 g/mol. The van der Waals surface area contributed by atoms with Crippen LogP contribution in [0.25, 0.3) is 0 Å². The van der Waals surface area contributed by atoms with E-state index in [0.29, 0.717) is 0 Å². The van der Waals surface area contributed by atoms with Crippen LogP contribution in [-0.4, -0.2) is 22.3 Å². The van der Waals surface area contributed by atoms with Crippen molar-refractivity contribution < 1.29 is 0 Å². The molecule has 0 aliphatic heterocycles. The fraction of sp³-hybridized carbons (Fsp3) is 0.333.